The summed E-state index contributed by atoms with van der Waals surface area (Å²) in [6.45, 7) is 1.38. The van der Waals surface area contributed by atoms with Gasteiger partial charge in [-0.3, -0.25) is 4.79 Å². The molecule has 0 unspecified atom stereocenters. The molecule has 0 aliphatic heterocycles. The van der Waals surface area contributed by atoms with Crippen molar-refractivity contribution >= 4 is 11.9 Å². The molecule has 0 saturated heterocycles. The summed E-state index contributed by atoms with van der Waals surface area (Å²) in [5.74, 6) is -0.676. The minimum absolute atomic E-state index is 0.244. The second-order valence-electron chi connectivity index (χ2n) is 3.47. The highest BCUT2D eigenvalue weighted by Crippen LogP contribution is 2.04. The molecular weight excluding hydrogens is 212 g/mol. The Hall–Kier alpha value is -1.84. The number of hydrogen-bond donors (Lipinski definition) is 1. The number of benzene rings is 1. The van der Waals surface area contributed by atoms with Crippen LogP contribution in [0.3, 0.4) is 0 Å². The van der Waals surface area contributed by atoms with E-state index in [2.05, 4.69) is 10.1 Å². The van der Waals surface area contributed by atoms with Crippen LogP contribution < -0.4 is 5.32 Å². The van der Waals surface area contributed by atoms with Gasteiger partial charge in [-0.2, -0.15) is 0 Å². The van der Waals surface area contributed by atoms with Crippen LogP contribution in [-0.2, 0) is 20.7 Å². The van der Waals surface area contributed by atoms with Gasteiger partial charge in [-0.1, -0.05) is 30.3 Å². The highest BCUT2D eigenvalue weighted by atomic mass is 16.5. The molecule has 0 fully saturated rings. The standard InChI is InChI=1S/C12H15NO3/c1-9(14)13-11(12(15)16-2)8-10-6-4-3-5-7-10/h3-7,11H,8H2,1-2H3,(H,13,14)/t11-/m0/s1/i3+1,4+1,5+1,6+1,7+1,10+1. The Labute approximate surface area is 94.6 Å². The zero-order valence-corrected chi connectivity index (χ0v) is 9.40. The molecule has 1 aromatic rings. The van der Waals surface area contributed by atoms with Gasteiger partial charge >= 0.3 is 5.97 Å². The first kappa shape index (κ1) is 12.2. The Morgan fingerprint density at radius 1 is 1.31 bits per heavy atom. The van der Waals surface area contributed by atoms with E-state index < -0.39 is 12.0 Å². The zero-order valence-electron chi connectivity index (χ0n) is 9.40. The maximum absolute atomic E-state index is 11.4. The molecule has 86 valence electrons. The zero-order chi connectivity index (χ0) is 12.0. The molecule has 0 heterocycles. The summed E-state index contributed by atoms with van der Waals surface area (Å²) in [6.07, 6.45) is 0.438. The molecule has 1 N–H and O–H groups in total. The fourth-order valence-electron chi connectivity index (χ4n) is 1.43. The molecule has 0 radical (unpaired) electrons. The first-order valence-corrected chi connectivity index (χ1v) is 5.02. The largest absolute Gasteiger partial charge is 0.467 e. The van der Waals surface area contributed by atoms with E-state index in [1.54, 1.807) is 0 Å². The Bertz CT molecular complexity index is 362. The van der Waals surface area contributed by atoms with E-state index in [0.717, 1.165) is 5.56 Å². The maximum Gasteiger partial charge on any atom is 0.328 e. The van der Waals surface area contributed by atoms with Gasteiger partial charge < -0.3 is 10.1 Å². The van der Waals surface area contributed by atoms with E-state index in [1.807, 2.05) is 30.3 Å². The van der Waals surface area contributed by atoms with E-state index in [-0.39, 0.29) is 5.91 Å². The van der Waals surface area contributed by atoms with Crippen molar-refractivity contribution < 1.29 is 14.3 Å². The Morgan fingerprint density at radius 2 is 1.94 bits per heavy atom. The summed E-state index contributed by atoms with van der Waals surface area (Å²) in [5.41, 5.74) is 0.978. The predicted octanol–water partition coefficient (Wildman–Crippen LogP) is 0.907. The minimum Gasteiger partial charge on any atom is -0.467 e. The van der Waals surface area contributed by atoms with Gasteiger partial charge in [0.15, 0.2) is 0 Å². The number of methoxy groups -OCH3 is 1. The number of carbonyl (C=O) groups is 2. The van der Waals surface area contributed by atoms with Crippen molar-refractivity contribution in [3.8, 4) is 0 Å². The van der Waals surface area contributed by atoms with Gasteiger partial charge in [0.2, 0.25) is 5.91 Å². The molecule has 1 aromatic carbocycles. The van der Waals surface area contributed by atoms with E-state index in [1.165, 1.54) is 14.0 Å². The summed E-state index contributed by atoms with van der Waals surface area (Å²) < 4.78 is 4.63. The number of rotatable bonds is 4. The fourth-order valence-corrected chi connectivity index (χ4v) is 1.43. The van der Waals surface area contributed by atoms with Crippen molar-refractivity contribution in [1.29, 1.82) is 0 Å². The lowest BCUT2D eigenvalue weighted by Gasteiger charge is -2.15. The number of nitrogens with one attached hydrogen (secondary N) is 1. The van der Waals surface area contributed by atoms with E-state index in [9.17, 15) is 9.59 Å². The van der Waals surface area contributed by atoms with Gasteiger partial charge in [0.25, 0.3) is 0 Å². The lowest BCUT2D eigenvalue weighted by molar-refractivity contribution is -0.144. The van der Waals surface area contributed by atoms with Gasteiger partial charge in [-0.05, 0) is 5.56 Å². The Balaban J connectivity index is 2.70. The van der Waals surface area contributed by atoms with Crippen LogP contribution in [0.4, 0.5) is 0 Å². The van der Waals surface area contributed by atoms with Crippen LogP contribution >= 0.6 is 0 Å². The van der Waals surface area contributed by atoms with Crippen LogP contribution in [-0.4, -0.2) is 25.0 Å². The third-order valence-electron chi connectivity index (χ3n) is 2.15. The predicted molar refractivity (Wildman–Crippen MR) is 59.8 cm³/mol. The molecule has 1 amide bonds. The lowest BCUT2D eigenvalue weighted by Crippen LogP contribution is -2.41. The van der Waals surface area contributed by atoms with Crippen LogP contribution in [0.5, 0.6) is 0 Å². The first-order valence-electron chi connectivity index (χ1n) is 5.02. The monoisotopic (exact) mass is 227 g/mol. The molecule has 0 aliphatic carbocycles. The number of esters is 1. The number of hydrogen-bond acceptors (Lipinski definition) is 3. The third-order valence-corrected chi connectivity index (χ3v) is 2.15. The normalized spacial score (nSPS) is 11.6. The van der Waals surface area contributed by atoms with Crippen LogP contribution in [0.15, 0.2) is 30.3 Å². The van der Waals surface area contributed by atoms with Gasteiger partial charge in [0.05, 0.1) is 7.11 Å². The molecule has 0 saturated carbocycles. The summed E-state index contributed by atoms with van der Waals surface area (Å²) >= 11 is 0. The van der Waals surface area contributed by atoms with Crippen LogP contribution in [0, 0.1) is 0 Å². The summed E-state index contributed by atoms with van der Waals surface area (Å²) in [6, 6.07) is 8.85. The van der Waals surface area contributed by atoms with Crippen molar-refractivity contribution in [1.82, 2.24) is 5.32 Å². The Kier molecular flexibility index (Phi) is 4.51. The van der Waals surface area contributed by atoms with Gasteiger partial charge in [0.1, 0.15) is 6.04 Å². The molecule has 1 rings (SSSR count). The van der Waals surface area contributed by atoms with E-state index in [4.69, 9.17) is 0 Å². The second kappa shape index (κ2) is 5.90. The molecule has 0 aromatic heterocycles. The molecule has 1 atom stereocenters. The topological polar surface area (TPSA) is 55.4 Å². The number of carbonyl (C=O) groups excluding carboxylic acids is 2. The van der Waals surface area contributed by atoms with Gasteiger partial charge in [0, 0.05) is 13.3 Å². The average Bonchev–Trinajstić information content (AvgIpc) is 2.28. The highest BCUT2D eigenvalue weighted by molar-refractivity contribution is 5.83. The molecule has 0 spiro atoms. The highest BCUT2D eigenvalue weighted by Gasteiger charge is 2.20. The smallest absolute Gasteiger partial charge is 0.328 e. The lowest BCUT2D eigenvalue weighted by atomic mass is 10.2. The van der Waals surface area contributed by atoms with Crippen molar-refractivity contribution in [2.24, 2.45) is 0 Å². The first-order chi connectivity index (χ1) is 7.63. The van der Waals surface area contributed by atoms with E-state index >= 15 is 0 Å². The van der Waals surface area contributed by atoms with E-state index in [0.29, 0.717) is 6.42 Å². The second-order valence-corrected chi connectivity index (χ2v) is 3.47. The number of amides is 1. The molecule has 4 nitrogen and oxygen atoms in total. The third kappa shape index (κ3) is 3.73. The number of ether oxygens (including phenoxy) is 1. The van der Waals surface area contributed by atoms with Crippen molar-refractivity contribution in [3.63, 3.8) is 0 Å². The molecule has 4 heteroatoms. The van der Waals surface area contributed by atoms with Crippen molar-refractivity contribution in [3.05, 3.63) is 35.9 Å². The minimum atomic E-state index is -0.620. The molecule has 0 aliphatic rings. The van der Waals surface area contributed by atoms with Crippen LogP contribution in [0.2, 0.25) is 0 Å². The van der Waals surface area contributed by atoms with Crippen molar-refractivity contribution in [2.75, 3.05) is 7.11 Å². The average molecular weight is 227 g/mol. The molecule has 16 heavy (non-hydrogen) atoms. The molecular formula is C12H15NO3. The summed E-state index contributed by atoms with van der Waals surface area (Å²) in [7, 11) is 1.31. The van der Waals surface area contributed by atoms with Crippen LogP contribution in [0.1, 0.15) is 12.5 Å². The SMILES string of the molecule is COC(=O)[C@H](C[13c]1[13cH][13cH][13cH][13cH][13cH]1)NC(C)=O. The van der Waals surface area contributed by atoms with Crippen LogP contribution in [0.25, 0.3) is 0 Å². The van der Waals surface area contributed by atoms with Gasteiger partial charge in [-0.25, -0.2) is 4.79 Å². The fraction of sp³-hybridized carbons (Fsp3) is 0.333. The molecule has 0 bridgehead atoms. The summed E-state index contributed by atoms with van der Waals surface area (Å²) in [4.78, 5) is 22.4. The quantitative estimate of drug-likeness (QED) is 0.778. The maximum atomic E-state index is 11.4. The van der Waals surface area contributed by atoms with Gasteiger partial charge in [-0.15, -0.1) is 0 Å². The Morgan fingerprint density at radius 3 is 2.44 bits per heavy atom. The summed E-state index contributed by atoms with van der Waals surface area (Å²) in [5, 5.41) is 2.57. The van der Waals surface area contributed by atoms with Crippen molar-refractivity contribution in [2.45, 2.75) is 19.4 Å².